The van der Waals surface area contributed by atoms with Crippen LogP contribution < -0.4 is 15.8 Å². The van der Waals surface area contributed by atoms with Gasteiger partial charge in [-0.2, -0.15) is 0 Å². The Morgan fingerprint density at radius 1 is 1.44 bits per heavy atom. The first-order chi connectivity index (χ1) is 7.54. The number of hydrogen-bond acceptors (Lipinski definition) is 3. The molecule has 2 amide bonds. The van der Waals surface area contributed by atoms with E-state index in [1.807, 2.05) is 13.0 Å². The molecule has 0 atom stereocenters. The summed E-state index contributed by atoms with van der Waals surface area (Å²) in [4.78, 5) is 22.2. The third kappa shape index (κ3) is 2.98. The molecule has 0 aliphatic heterocycles. The Bertz CT molecular complexity index is 416. The van der Waals surface area contributed by atoms with Crippen molar-refractivity contribution < 1.29 is 14.3 Å². The highest BCUT2D eigenvalue weighted by molar-refractivity contribution is 5.98. The molecule has 1 rings (SSSR count). The van der Waals surface area contributed by atoms with E-state index in [2.05, 4.69) is 5.32 Å². The smallest absolute Gasteiger partial charge is 0.255 e. The standard InChI is InChI=1S/C11H14N2O3/c1-7-3-4-9(16-2)8(5-7)11(15)13-6-10(12)14/h3-5H,6H2,1-2H3,(H2,12,14)(H,13,15). The summed E-state index contributed by atoms with van der Waals surface area (Å²) in [6.45, 7) is 1.68. The zero-order chi connectivity index (χ0) is 12.1. The maximum atomic E-state index is 11.7. The van der Waals surface area contributed by atoms with Gasteiger partial charge in [0, 0.05) is 0 Å². The number of primary amides is 1. The van der Waals surface area contributed by atoms with Gasteiger partial charge in [-0.25, -0.2) is 0 Å². The summed E-state index contributed by atoms with van der Waals surface area (Å²) in [6.07, 6.45) is 0. The molecule has 0 aliphatic rings. The molecule has 0 aromatic heterocycles. The summed E-state index contributed by atoms with van der Waals surface area (Å²) in [5, 5.41) is 2.41. The maximum Gasteiger partial charge on any atom is 0.255 e. The van der Waals surface area contributed by atoms with Crippen molar-refractivity contribution in [2.75, 3.05) is 13.7 Å². The third-order valence-corrected chi connectivity index (χ3v) is 2.02. The van der Waals surface area contributed by atoms with E-state index in [1.165, 1.54) is 7.11 Å². The molecule has 0 fully saturated rings. The number of rotatable bonds is 4. The lowest BCUT2D eigenvalue weighted by molar-refractivity contribution is -0.117. The number of aryl methyl sites for hydroxylation is 1. The fourth-order valence-corrected chi connectivity index (χ4v) is 1.26. The Morgan fingerprint density at radius 2 is 2.12 bits per heavy atom. The van der Waals surface area contributed by atoms with Crippen LogP contribution in [0.25, 0.3) is 0 Å². The van der Waals surface area contributed by atoms with Crippen molar-refractivity contribution in [3.8, 4) is 5.75 Å². The summed E-state index contributed by atoms with van der Waals surface area (Å²) in [6, 6.07) is 5.23. The van der Waals surface area contributed by atoms with E-state index in [-0.39, 0.29) is 12.5 Å². The summed E-state index contributed by atoms with van der Waals surface area (Å²) < 4.78 is 5.05. The van der Waals surface area contributed by atoms with Gasteiger partial charge < -0.3 is 15.8 Å². The Morgan fingerprint density at radius 3 is 2.69 bits per heavy atom. The van der Waals surface area contributed by atoms with Gasteiger partial charge in [0.2, 0.25) is 5.91 Å². The van der Waals surface area contributed by atoms with Gasteiger partial charge in [-0.15, -0.1) is 0 Å². The zero-order valence-corrected chi connectivity index (χ0v) is 9.24. The molecule has 0 bridgehead atoms. The van der Waals surface area contributed by atoms with Crippen molar-refractivity contribution in [3.63, 3.8) is 0 Å². The minimum atomic E-state index is -0.583. The van der Waals surface area contributed by atoms with Crippen LogP contribution in [0.1, 0.15) is 15.9 Å². The van der Waals surface area contributed by atoms with Crippen molar-refractivity contribution in [2.45, 2.75) is 6.92 Å². The molecular formula is C11H14N2O3. The molecule has 1 aromatic carbocycles. The molecule has 0 heterocycles. The van der Waals surface area contributed by atoms with Gasteiger partial charge in [-0.1, -0.05) is 11.6 Å². The van der Waals surface area contributed by atoms with Gasteiger partial charge >= 0.3 is 0 Å². The molecule has 0 saturated heterocycles. The number of nitrogens with one attached hydrogen (secondary N) is 1. The lowest BCUT2D eigenvalue weighted by Crippen LogP contribution is -2.33. The highest BCUT2D eigenvalue weighted by Crippen LogP contribution is 2.19. The predicted molar refractivity (Wildman–Crippen MR) is 59.3 cm³/mol. The van der Waals surface area contributed by atoms with E-state index < -0.39 is 5.91 Å². The highest BCUT2D eigenvalue weighted by Gasteiger charge is 2.12. The van der Waals surface area contributed by atoms with Crippen LogP contribution >= 0.6 is 0 Å². The summed E-state index contributed by atoms with van der Waals surface area (Å²) in [5.74, 6) is -0.494. The molecule has 5 nitrogen and oxygen atoms in total. The van der Waals surface area contributed by atoms with E-state index in [1.54, 1.807) is 12.1 Å². The number of hydrogen-bond donors (Lipinski definition) is 2. The van der Waals surface area contributed by atoms with Crippen molar-refractivity contribution in [1.29, 1.82) is 0 Å². The fourth-order valence-electron chi connectivity index (χ4n) is 1.26. The maximum absolute atomic E-state index is 11.7. The normalized spacial score (nSPS) is 9.62. The first kappa shape index (κ1) is 12.0. The van der Waals surface area contributed by atoms with Gasteiger partial charge in [-0.05, 0) is 19.1 Å². The lowest BCUT2D eigenvalue weighted by atomic mass is 10.1. The Balaban J connectivity index is 2.88. The molecule has 1 aromatic rings. The number of carbonyl (C=O) groups is 2. The Hall–Kier alpha value is -2.04. The van der Waals surface area contributed by atoms with Crippen LogP contribution in [0, 0.1) is 6.92 Å². The molecule has 0 aliphatic carbocycles. The first-order valence-electron chi connectivity index (χ1n) is 4.75. The molecule has 0 radical (unpaired) electrons. The van der Waals surface area contributed by atoms with Gasteiger partial charge in [0.25, 0.3) is 5.91 Å². The van der Waals surface area contributed by atoms with Crippen LogP contribution in [0.15, 0.2) is 18.2 Å². The minimum absolute atomic E-state index is 0.185. The average Bonchev–Trinajstić information content (AvgIpc) is 2.25. The quantitative estimate of drug-likeness (QED) is 0.764. The third-order valence-electron chi connectivity index (χ3n) is 2.02. The first-order valence-corrected chi connectivity index (χ1v) is 4.75. The van der Waals surface area contributed by atoms with Crippen LogP contribution in [0.3, 0.4) is 0 Å². The van der Waals surface area contributed by atoms with Crippen molar-refractivity contribution in [3.05, 3.63) is 29.3 Å². The van der Waals surface area contributed by atoms with Crippen LogP contribution in [-0.4, -0.2) is 25.5 Å². The molecule has 16 heavy (non-hydrogen) atoms. The van der Waals surface area contributed by atoms with Gasteiger partial charge in [0.1, 0.15) is 5.75 Å². The number of amides is 2. The average molecular weight is 222 g/mol. The van der Waals surface area contributed by atoms with Crippen LogP contribution in [-0.2, 0) is 4.79 Å². The van der Waals surface area contributed by atoms with Crippen LogP contribution in [0.5, 0.6) is 5.75 Å². The Labute approximate surface area is 93.6 Å². The lowest BCUT2D eigenvalue weighted by Gasteiger charge is -2.09. The molecule has 0 saturated carbocycles. The van der Waals surface area contributed by atoms with E-state index in [0.29, 0.717) is 11.3 Å². The number of nitrogens with two attached hydrogens (primary N) is 1. The molecule has 0 spiro atoms. The number of ether oxygens (including phenoxy) is 1. The predicted octanol–water partition coefficient (Wildman–Crippen LogP) is 0.219. The van der Waals surface area contributed by atoms with E-state index in [4.69, 9.17) is 10.5 Å². The second-order valence-electron chi connectivity index (χ2n) is 3.35. The summed E-state index contributed by atoms with van der Waals surface area (Å²) in [7, 11) is 1.48. The van der Waals surface area contributed by atoms with E-state index in [0.717, 1.165) is 5.56 Å². The monoisotopic (exact) mass is 222 g/mol. The SMILES string of the molecule is COc1ccc(C)cc1C(=O)NCC(N)=O. The van der Waals surface area contributed by atoms with E-state index >= 15 is 0 Å². The van der Waals surface area contributed by atoms with Crippen molar-refractivity contribution in [1.82, 2.24) is 5.32 Å². The van der Waals surface area contributed by atoms with Gasteiger partial charge in [0.05, 0.1) is 19.2 Å². The topological polar surface area (TPSA) is 81.4 Å². The van der Waals surface area contributed by atoms with Crippen LogP contribution in [0.2, 0.25) is 0 Å². The molecular weight excluding hydrogens is 208 g/mol. The number of carbonyl (C=O) groups excluding carboxylic acids is 2. The van der Waals surface area contributed by atoms with Gasteiger partial charge in [0.15, 0.2) is 0 Å². The largest absolute Gasteiger partial charge is 0.496 e. The van der Waals surface area contributed by atoms with Gasteiger partial charge in [-0.3, -0.25) is 9.59 Å². The second-order valence-corrected chi connectivity index (χ2v) is 3.35. The fraction of sp³-hybridized carbons (Fsp3) is 0.273. The van der Waals surface area contributed by atoms with E-state index in [9.17, 15) is 9.59 Å². The summed E-state index contributed by atoms with van der Waals surface area (Å²) >= 11 is 0. The molecule has 0 unspecified atom stereocenters. The van der Waals surface area contributed by atoms with Crippen molar-refractivity contribution in [2.24, 2.45) is 5.73 Å². The Kier molecular flexibility index (Phi) is 3.88. The van der Waals surface area contributed by atoms with Crippen molar-refractivity contribution >= 4 is 11.8 Å². The second kappa shape index (κ2) is 5.16. The molecule has 86 valence electrons. The number of benzene rings is 1. The summed E-state index contributed by atoms with van der Waals surface area (Å²) in [5.41, 5.74) is 6.26. The van der Waals surface area contributed by atoms with Crippen LogP contribution in [0.4, 0.5) is 0 Å². The minimum Gasteiger partial charge on any atom is -0.496 e. The zero-order valence-electron chi connectivity index (χ0n) is 9.24. The number of methoxy groups -OCH3 is 1. The molecule has 3 N–H and O–H groups in total. The molecule has 5 heteroatoms. The highest BCUT2D eigenvalue weighted by atomic mass is 16.5.